The van der Waals surface area contributed by atoms with Crippen molar-refractivity contribution in [3.05, 3.63) is 71.8 Å². The number of nitrogens with one attached hydrogen (secondary N) is 1. The Kier molecular flexibility index (Phi) is 4.55. The van der Waals surface area contributed by atoms with Crippen molar-refractivity contribution < 1.29 is 13.2 Å². The molecular weight excluding hydrogens is 322 g/mol. The molecule has 0 heterocycles. The Balaban J connectivity index is 1.92. The molecule has 4 nitrogen and oxygen atoms in total. The average molecular weight is 341 g/mol. The molecule has 3 aromatic rings. The minimum atomic E-state index is -3.67. The molecule has 3 rings (SSSR count). The van der Waals surface area contributed by atoms with Crippen molar-refractivity contribution in [2.45, 2.75) is 18.4 Å². The van der Waals surface area contributed by atoms with Gasteiger partial charge in [0.25, 0.3) is 0 Å². The van der Waals surface area contributed by atoms with Crippen LogP contribution >= 0.6 is 0 Å². The number of rotatable bonds is 5. The summed E-state index contributed by atoms with van der Waals surface area (Å²) in [6.45, 7) is 2.07. The van der Waals surface area contributed by atoms with E-state index in [9.17, 15) is 8.42 Å². The van der Waals surface area contributed by atoms with Crippen LogP contribution in [0.15, 0.2) is 65.6 Å². The van der Waals surface area contributed by atoms with Gasteiger partial charge in [0.05, 0.1) is 7.11 Å². The van der Waals surface area contributed by atoms with E-state index in [2.05, 4.69) is 4.72 Å². The van der Waals surface area contributed by atoms with E-state index in [4.69, 9.17) is 4.74 Å². The van der Waals surface area contributed by atoms with Crippen molar-refractivity contribution in [2.24, 2.45) is 0 Å². The third-order valence-corrected chi connectivity index (χ3v) is 5.36. The monoisotopic (exact) mass is 341 g/mol. The number of aryl methyl sites for hydroxylation is 1. The Morgan fingerprint density at radius 1 is 1.00 bits per heavy atom. The number of fused-ring (bicyclic) bond motifs is 1. The van der Waals surface area contributed by atoms with Gasteiger partial charge in [-0.1, -0.05) is 48.5 Å². The van der Waals surface area contributed by atoms with Crippen LogP contribution in [0.3, 0.4) is 0 Å². The van der Waals surface area contributed by atoms with Gasteiger partial charge in [-0.2, -0.15) is 0 Å². The van der Waals surface area contributed by atoms with Gasteiger partial charge in [-0.25, -0.2) is 13.1 Å². The fraction of sp³-hybridized carbons (Fsp3) is 0.158. The normalized spacial score (nSPS) is 11.6. The van der Waals surface area contributed by atoms with Crippen LogP contribution in [-0.4, -0.2) is 15.5 Å². The molecule has 0 aliphatic carbocycles. The number of hydrogen-bond donors (Lipinski definition) is 1. The second-order valence-electron chi connectivity index (χ2n) is 5.62. The fourth-order valence-corrected chi connectivity index (χ4v) is 3.95. The van der Waals surface area contributed by atoms with E-state index in [0.29, 0.717) is 5.75 Å². The maximum Gasteiger partial charge on any atom is 0.244 e. The van der Waals surface area contributed by atoms with Crippen molar-refractivity contribution in [1.29, 1.82) is 0 Å². The van der Waals surface area contributed by atoms with Gasteiger partial charge in [-0.15, -0.1) is 0 Å². The Morgan fingerprint density at radius 2 is 1.75 bits per heavy atom. The lowest BCUT2D eigenvalue weighted by molar-refractivity contribution is 0.402. The van der Waals surface area contributed by atoms with Crippen LogP contribution in [0.4, 0.5) is 0 Å². The molecular formula is C19H19NO3S. The first-order valence-corrected chi connectivity index (χ1v) is 9.10. The second-order valence-corrected chi connectivity index (χ2v) is 7.35. The largest absolute Gasteiger partial charge is 0.495 e. The van der Waals surface area contributed by atoms with Gasteiger partial charge in [-0.3, -0.25) is 0 Å². The molecule has 124 valence electrons. The first-order valence-electron chi connectivity index (χ1n) is 7.62. The van der Waals surface area contributed by atoms with Crippen molar-refractivity contribution in [3.8, 4) is 5.75 Å². The molecule has 24 heavy (non-hydrogen) atoms. The van der Waals surface area contributed by atoms with Crippen LogP contribution in [0.1, 0.15) is 11.1 Å². The standard InChI is InChI=1S/C19H19NO3S/c1-14-10-11-18(23-2)19(12-14)24(21,22)20-13-16-8-5-7-15-6-3-4-9-17(15)16/h3-12,20H,13H2,1-2H3. The summed E-state index contributed by atoms with van der Waals surface area (Å²) >= 11 is 0. The van der Waals surface area contributed by atoms with Gasteiger partial charge in [0.15, 0.2) is 0 Å². The first-order chi connectivity index (χ1) is 11.5. The van der Waals surface area contributed by atoms with Gasteiger partial charge < -0.3 is 4.74 Å². The summed E-state index contributed by atoms with van der Waals surface area (Å²) in [5, 5.41) is 2.13. The molecule has 1 N–H and O–H groups in total. The predicted octanol–water partition coefficient (Wildman–Crippen LogP) is 3.64. The first kappa shape index (κ1) is 16.5. The van der Waals surface area contributed by atoms with Crippen LogP contribution in [0, 0.1) is 6.92 Å². The molecule has 0 atom stereocenters. The Hall–Kier alpha value is -2.37. The third kappa shape index (κ3) is 3.27. The van der Waals surface area contributed by atoms with E-state index in [1.54, 1.807) is 12.1 Å². The fourth-order valence-electron chi connectivity index (χ4n) is 2.69. The molecule has 0 unspecified atom stereocenters. The van der Waals surface area contributed by atoms with Crippen LogP contribution in [0.25, 0.3) is 10.8 Å². The van der Waals surface area contributed by atoms with Crippen LogP contribution in [0.5, 0.6) is 5.75 Å². The van der Waals surface area contributed by atoms with Crippen LogP contribution in [-0.2, 0) is 16.6 Å². The zero-order valence-electron chi connectivity index (χ0n) is 13.6. The minimum absolute atomic E-state index is 0.158. The summed E-state index contributed by atoms with van der Waals surface area (Å²) in [7, 11) is -2.20. The van der Waals surface area contributed by atoms with Crippen molar-refractivity contribution in [2.75, 3.05) is 7.11 Å². The molecule has 0 aromatic heterocycles. The highest BCUT2D eigenvalue weighted by Gasteiger charge is 2.19. The summed E-state index contributed by atoms with van der Waals surface area (Å²) in [6, 6.07) is 18.9. The van der Waals surface area contributed by atoms with E-state index in [-0.39, 0.29) is 11.4 Å². The number of sulfonamides is 1. The second kappa shape index (κ2) is 6.63. The van der Waals surface area contributed by atoms with E-state index >= 15 is 0 Å². The molecule has 0 saturated heterocycles. The molecule has 0 aliphatic heterocycles. The van der Waals surface area contributed by atoms with Gasteiger partial charge in [0.2, 0.25) is 10.0 Å². The Bertz CT molecular complexity index is 976. The lowest BCUT2D eigenvalue weighted by Crippen LogP contribution is -2.24. The van der Waals surface area contributed by atoms with Crippen LogP contribution < -0.4 is 9.46 Å². The van der Waals surface area contributed by atoms with Crippen molar-refractivity contribution in [1.82, 2.24) is 4.72 Å². The molecule has 0 fully saturated rings. The quantitative estimate of drug-likeness (QED) is 0.771. The number of benzene rings is 3. The lowest BCUT2D eigenvalue weighted by Gasteiger charge is -2.12. The van der Waals surface area contributed by atoms with Gasteiger partial charge >= 0.3 is 0 Å². The number of methoxy groups -OCH3 is 1. The smallest absolute Gasteiger partial charge is 0.244 e. The molecule has 0 radical (unpaired) electrons. The molecule has 0 amide bonds. The van der Waals surface area contributed by atoms with E-state index in [1.807, 2.05) is 55.5 Å². The zero-order chi connectivity index (χ0) is 17.2. The summed E-state index contributed by atoms with van der Waals surface area (Å²) in [5.41, 5.74) is 1.80. The maximum atomic E-state index is 12.7. The molecule has 0 saturated carbocycles. The number of ether oxygens (including phenoxy) is 1. The highest BCUT2D eigenvalue weighted by molar-refractivity contribution is 7.89. The maximum absolute atomic E-state index is 12.7. The van der Waals surface area contributed by atoms with Crippen LogP contribution in [0.2, 0.25) is 0 Å². The summed E-state index contributed by atoms with van der Waals surface area (Å²) < 4.78 is 33.2. The zero-order valence-corrected chi connectivity index (χ0v) is 14.4. The minimum Gasteiger partial charge on any atom is -0.495 e. The average Bonchev–Trinajstić information content (AvgIpc) is 2.60. The van der Waals surface area contributed by atoms with Gasteiger partial charge in [0.1, 0.15) is 10.6 Å². The lowest BCUT2D eigenvalue weighted by atomic mass is 10.1. The van der Waals surface area contributed by atoms with E-state index < -0.39 is 10.0 Å². The number of hydrogen-bond acceptors (Lipinski definition) is 3. The molecule has 0 spiro atoms. The highest BCUT2D eigenvalue weighted by atomic mass is 32.2. The van der Waals surface area contributed by atoms with Gasteiger partial charge in [0, 0.05) is 6.54 Å². The topological polar surface area (TPSA) is 55.4 Å². The van der Waals surface area contributed by atoms with E-state index in [1.165, 1.54) is 7.11 Å². The molecule has 5 heteroatoms. The van der Waals surface area contributed by atoms with Crippen molar-refractivity contribution in [3.63, 3.8) is 0 Å². The molecule has 3 aromatic carbocycles. The Morgan fingerprint density at radius 3 is 2.54 bits per heavy atom. The summed E-state index contributed by atoms with van der Waals surface area (Å²) in [6.07, 6.45) is 0. The molecule has 0 bridgehead atoms. The summed E-state index contributed by atoms with van der Waals surface area (Å²) in [5.74, 6) is 0.339. The SMILES string of the molecule is COc1ccc(C)cc1S(=O)(=O)NCc1cccc2ccccc12. The van der Waals surface area contributed by atoms with E-state index in [0.717, 1.165) is 21.9 Å². The third-order valence-electron chi connectivity index (χ3n) is 3.94. The predicted molar refractivity (Wildman–Crippen MR) is 95.7 cm³/mol. The van der Waals surface area contributed by atoms with Crippen molar-refractivity contribution >= 4 is 20.8 Å². The Labute approximate surface area is 142 Å². The van der Waals surface area contributed by atoms with Gasteiger partial charge in [-0.05, 0) is 41.0 Å². The summed E-state index contributed by atoms with van der Waals surface area (Å²) in [4.78, 5) is 0.158. The highest BCUT2D eigenvalue weighted by Crippen LogP contribution is 2.25. The molecule has 0 aliphatic rings.